The maximum Gasteiger partial charge on any atom is 0.326 e. The fourth-order valence-corrected chi connectivity index (χ4v) is 5.94. The number of carboxylic acid groups (broad SMARTS) is 3. The van der Waals surface area contributed by atoms with Gasteiger partial charge in [-0.1, -0.05) is 80.0 Å². The Morgan fingerprint density at radius 1 is 0.517 bits per heavy atom. The van der Waals surface area contributed by atoms with Crippen LogP contribution in [0.25, 0.3) is 0 Å². The number of hydrogen-bond acceptors (Lipinski definition) is 12. The van der Waals surface area contributed by atoms with E-state index in [0.717, 1.165) is 51.4 Å². The van der Waals surface area contributed by atoms with Gasteiger partial charge in [0, 0.05) is 38.6 Å². The predicted octanol–water partition coefficient (Wildman–Crippen LogP) is 3.17. The Kier molecular flexibility index (Phi) is 38.3. The molecule has 0 fully saturated rings. The highest BCUT2D eigenvalue weighted by Gasteiger charge is 2.21. The zero-order chi connectivity index (χ0) is 44.5. The number of nitrogens with one attached hydrogen (secondary N) is 4. The molecule has 0 aliphatic rings. The second-order valence-corrected chi connectivity index (χ2v) is 14.5. The number of ether oxygens (including phenoxy) is 4. The van der Waals surface area contributed by atoms with Crippen LogP contribution in [0, 0.1) is 0 Å². The Balaban J connectivity index is 3.69. The lowest BCUT2D eigenvalue weighted by molar-refractivity contribution is -0.142. The van der Waals surface area contributed by atoms with Gasteiger partial charge in [0.2, 0.25) is 17.7 Å². The van der Waals surface area contributed by atoms with Crippen molar-refractivity contribution in [2.24, 2.45) is 4.99 Å². The molecular weight excluding hydrogens is 805 g/mol. The molecule has 0 heterocycles. The molecule has 3 atom stereocenters. The van der Waals surface area contributed by atoms with E-state index in [9.17, 15) is 38.7 Å². The molecule has 19 nitrogen and oxygen atoms in total. The maximum absolute atomic E-state index is 12.3. The third kappa shape index (κ3) is 38.6. The summed E-state index contributed by atoms with van der Waals surface area (Å²) >= 11 is 0. The Morgan fingerprint density at radius 2 is 1.00 bits per heavy atom. The molecule has 1 unspecified atom stereocenters. The van der Waals surface area contributed by atoms with Crippen LogP contribution >= 0.6 is 9.39 Å². The first-order valence-electron chi connectivity index (χ1n) is 21.3. The van der Waals surface area contributed by atoms with Crippen LogP contribution in [0.2, 0.25) is 0 Å². The van der Waals surface area contributed by atoms with Crippen molar-refractivity contribution in [3.63, 3.8) is 0 Å². The van der Waals surface area contributed by atoms with Crippen molar-refractivity contribution >= 4 is 57.1 Å². The molecule has 60 heavy (non-hydrogen) atoms. The van der Waals surface area contributed by atoms with Crippen molar-refractivity contribution in [3.05, 3.63) is 0 Å². The number of aliphatic imine (C=N–C) groups is 1. The topological polar surface area (TPSA) is 278 Å². The molecule has 0 aliphatic heterocycles. The van der Waals surface area contributed by atoms with Gasteiger partial charge in [0.05, 0.1) is 39.6 Å². The van der Waals surface area contributed by atoms with Gasteiger partial charge >= 0.3 is 17.9 Å². The van der Waals surface area contributed by atoms with E-state index in [2.05, 4.69) is 35.4 Å². The Hall–Kier alpha value is -3.61. The first-order valence-corrected chi connectivity index (χ1v) is 21.9. The summed E-state index contributed by atoms with van der Waals surface area (Å²) in [6, 6.07) is -1.81. The number of carbonyl (C=O) groups excluding carboxylic acids is 4. The third-order valence-electron chi connectivity index (χ3n) is 8.99. The standard InChI is InChI=1S/C40H72N5O14P/c46-34(20-19-32(39(52)53)44-35(47)17-12-10-8-6-4-2-1-3-5-7-9-11-13-18-38(50)51)42-22-24-56-26-29-59-31-37(49)43-23-25-57-27-28-58-30-36(48)41-21-15-14-16-33(45-60)40(54)55/h21,32-33,45H,1-20,22-31,60H2,(H,42,46)(H,43,49)(H,44,47)(H,50,51)(H,52,53)(H,54,55)/b41-21-/t32-,33-/m0/s1. The highest BCUT2D eigenvalue weighted by Crippen LogP contribution is 2.13. The summed E-state index contributed by atoms with van der Waals surface area (Å²) < 4.78 is 21.2. The molecule has 7 N–H and O–H groups in total. The maximum atomic E-state index is 12.3. The van der Waals surface area contributed by atoms with Crippen LogP contribution in [0.3, 0.4) is 0 Å². The van der Waals surface area contributed by atoms with E-state index in [4.69, 9.17) is 29.2 Å². The lowest BCUT2D eigenvalue weighted by Gasteiger charge is -2.14. The molecule has 0 radical (unpaired) electrons. The van der Waals surface area contributed by atoms with Crippen LogP contribution in [-0.4, -0.2) is 141 Å². The number of hydrogen-bond donors (Lipinski definition) is 7. The first-order chi connectivity index (χ1) is 29.0. The SMILES string of the molecule is O=C(O)CCCCCCCCCCCCCCCC(=O)N[C@@H](CCC(=O)NCCOCCOCC(=O)NCCOCCOCC(=O)/N=C\CCC[C@H](NP)C(=O)O)C(=O)O. The molecule has 0 saturated heterocycles. The summed E-state index contributed by atoms with van der Waals surface area (Å²) in [4.78, 5) is 84.9. The highest BCUT2D eigenvalue weighted by molar-refractivity contribution is 7.13. The van der Waals surface area contributed by atoms with E-state index in [-0.39, 0.29) is 109 Å². The summed E-state index contributed by atoms with van der Waals surface area (Å²) in [6.07, 6.45) is 16.9. The van der Waals surface area contributed by atoms with Crippen molar-refractivity contribution < 1.29 is 67.8 Å². The quantitative estimate of drug-likeness (QED) is 0.0263. The normalized spacial score (nSPS) is 12.2. The van der Waals surface area contributed by atoms with Crippen molar-refractivity contribution in [1.82, 2.24) is 21.0 Å². The molecule has 0 aromatic carbocycles. The van der Waals surface area contributed by atoms with Gasteiger partial charge in [0.1, 0.15) is 25.3 Å². The van der Waals surface area contributed by atoms with Crippen molar-refractivity contribution in [1.29, 1.82) is 0 Å². The summed E-state index contributed by atoms with van der Waals surface area (Å²) in [5, 5.41) is 37.5. The fourth-order valence-electron chi connectivity index (χ4n) is 5.63. The van der Waals surface area contributed by atoms with Gasteiger partial charge in [-0.05, 0) is 38.5 Å². The Bertz CT molecular complexity index is 1230. The zero-order valence-electron chi connectivity index (χ0n) is 35.3. The Morgan fingerprint density at radius 3 is 1.52 bits per heavy atom. The number of unbranched alkanes of at least 4 members (excludes halogenated alkanes) is 13. The highest BCUT2D eigenvalue weighted by atomic mass is 31.0. The second-order valence-electron chi connectivity index (χ2n) is 14.2. The van der Waals surface area contributed by atoms with Gasteiger partial charge in [-0.2, -0.15) is 0 Å². The number of rotatable bonds is 43. The molecule has 0 rings (SSSR count). The largest absolute Gasteiger partial charge is 0.481 e. The second kappa shape index (κ2) is 40.8. The third-order valence-corrected chi connectivity index (χ3v) is 9.39. The van der Waals surface area contributed by atoms with Crippen LogP contribution < -0.4 is 21.0 Å². The molecule has 0 spiro atoms. The average molecular weight is 878 g/mol. The van der Waals surface area contributed by atoms with Gasteiger partial charge in [-0.3, -0.25) is 33.9 Å². The minimum absolute atomic E-state index is 0.0350. The molecule has 0 aromatic rings. The summed E-state index contributed by atoms with van der Waals surface area (Å²) in [5.74, 6) is -4.35. The van der Waals surface area contributed by atoms with E-state index < -0.39 is 35.9 Å². The Labute approximate surface area is 356 Å². The van der Waals surface area contributed by atoms with Crippen LogP contribution in [-0.2, 0) is 52.5 Å². The van der Waals surface area contributed by atoms with Crippen molar-refractivity contribution in [2.75, 3.05) is 65.9 Å². The molecular formula is C40H72N5O14P. The monoisotopic (exact) mass is 877 g/mol. The molecule has 346 valence electrons. The van der Waals surface area contributed by atoms with Crippen LogP contribution in [0.15, 0.2) is 4.99 Å². The minimum Gasteiger partial charge on any atom is -0.481 e. The van der Waals surface area contributed by atoms with Crippen molar-refractivity contribution in [3.8, 4) is 0 Å². The molecule has 0 bridgehead atoms. The number of amides is 4. The number of nitrogens with zero attached hydrogens (tertiary/aromatic N) is 1. The molecule has 0 aromatic heterocycles. The summed E-state index contributed by atoms with van der Waals surface area (Å²) in [5.41, 5.74) is 0. The molecule has 20 heteroatoms. The summed E-state index contributed by atoms with van der Waals surface area (Å²) in [6.45, 7) is 1.22. The lowest BCUT2D eigenvalue weighted by Crippen LogP contribution is -2.41. The fraction of sp³-hybridized carbons (Fsp3) is 0.800. The van der Waals surface area contributed by atoms with Crippen LogP contribution in [0.5, 0.6) is 0 Å². The van der Waals surface area contributed by atoms with E-state index in [0.29, 0.717) is 25.7 Å². The number of aliphatic carboxylic acids is 3. The summed E-state index contributed by atoms with van der Waals surface area (Å²) in [7, 11) is 2.17. The average Bonchev–Trinajstić information content (AvgIpc) is 3.20. The van der Waals surface area contributed by atoms with E-state index in [1.807, 2.05) is 0 Å². The van der Waals surface area contributed by atoms with Crippen molar-refractivity contribution in [2.45, 2.75) is 141 Å². The van der Waals surface area contributed by atoms with Gasteiger partial charge in [0.15, 0.2) is 0 Å². The zero-order valence-corrected chi connectivity index (χ0v) is 36.5. The van der Waals surface area contributed by atoms with E-state index >= 15 is 0 Å². The number of carbonyl (C=O) groups is 7. The van der Waals surface area contributed by atoms with E-state index in [1.165, 1.54) is 31.9 Å². The number of carboxylic acids is 3. The van der Waals surface area contributed by atoms with Gasteiger partial charge in [0.25, 0.3) is 5.91 Å². The molecule has 0 aliphatic carbocycles. The van der Waals surface area contributed by atoms with Crippen LogP contribution in [0.1, 0.15) is 128 Å². The van der Waals surface area contributed by atoms with Gasteiger partial charge < -0.3 is 50.2 Å². The lowest BCUT2D eigenvalue weighted by atomic mass is 10.0. The minimum atomic E-state index is -1.19. The molecule has 4 amide bonds. The smallest absolute Gasteiger partial charge is 0.326 e. The molecule has 0 saturated carbocycles. The van der Waals surface area contributed by atoms with Gasteiger partial charge in [-0.15, -0.1) is 0 Å². The first kappa shape index (κ1) is 56.4. The van der Waals surface area contributed by atoms with Crippen LogP contribution in [0.4, 0.5) is 0 Å². The van der Waals surface area contributed by atoms with E-state index in [1.54, 1.807) is 0 Å². The predicted molar refractivity (Wildman–Crippen MR) is 227 cm³/mol. The van der Waals surface area contributed by atoms with Gasteiger partial charge in [-0.25, -0.2) is 9.79 Å².